The Hall–Kier alpha value is -6.03. The number of fused-ring (bicyclic) bond motifs is 6. The fraction of sp³-hybridized carbons (Fsp3) is 0.597. The van der Waals surface area contributed by atoms with Gasteiger partial charge in [0.25, 0.3) is 11.8 Å². The molecule has 0 unspecified atom stereocenters. The molecule has 0 spiro atoms. The van der Waals surface area contributed by atoms with Gasteiger partial charge in [0, 0.05) is 57.4 Å². The molecule has 3 amide bonds. The fourth-order valence-corrected chi connectivity index (χ4v) is 14.4. The number of ether oxygens (including phenoxy) is 4. The number of aliphatic carboxylic acids is 1. The van der Waals surface area contributed by atoms with Gasteiger partial charge in [-0.25, -0.2) is 26.4 Å². The van der Waals surface area contributed by atoms with Crippen molar-refractivity contribution >= 4 is 49.5 Å². The number of amides is 3. The third-order valence-electron chi connectivity index (χ3n) is 17.1. The number of hydrogen-bond acceptors (Lipinski definition) is 15. The summed E-state index contributed by atoms with van der Waals surface area (Å²) in [7, 11) is -6.70. The number of esters is 1. The Balaban J connectivity index is 1.05. The molecule has 0 saturated carbocycles. The number of aliphatic hydroxyl groups is 2. The Kier molecular flexibility index (Phi) is 18.6. The van der Waals surface area contributed by atoms with Crippen LogP contribution in [0.25, 0.3) is 0 Å². The highest BCUT2D eigenvalue weighted by Crippen LogP contribution is 2.49. The quantitative estimate of drug-likeness (QED) is 0.0601. The molecule has 3 N–H and O–H groups in total. The van der Waals surface area contributed by atoms with Crippen molar-refractivity contribution in [1.82, 2.24) is 14.7 Å². The minimum absolute atomic E-state index is 0.0355. The second-order valence-corrected chi connectivity index (χ2v) is 28.8. The van der Waals surface area contributed by atoms with E-state index in [1.165, 1.54) is 28.2 Å². The lowest BCUT2D eigenvalue weighted by atomic mass is 9.84. The highest BCUT2D eigenvalue weighted by atomic mass is 32.2. The van der Waals surface area contributed by atoms with Crippen molar-refractivity contribution in [2.24, 2.45) is 5.92 Å². The molecule has 21 heteroatoms. The van der Waals surface area contributed by atoms with Crippen molar-refractivity contribution < 1.29 is 77.8 Å². The third-order valence-corrected chi connectivity index (χ3v) is 20.4. The minimum atomic E-state index is -3.37. The summed E-state index contributed by atoms with van der Waals surface area (Å²) in [4.78, 5) is 73.4. The lowest BCUT2D eigenvalue weighted by Gasteiger charge is -2.41. The van der Waals surface area contributed by atoms with Crippen LogP contribution in [0.15, 0.2) is 58.7 Å². The first kappa shape index (κ1) is 60.1. The number of hydrogen-bond donors (Lipinski definition) is 3. The molecular weight excluding hydrogens is 1110 g/mol. The van der Waals surface area contributed by atoms with Gasteiger partial charge in [-0.2, -0.15) is 0 Å². The van der Waals surface area contributed by atoms with Crippen LogP contribution in [0, 0.1) is 5.92 Å². The second-order valence-electron chi connectivity index (χ2n) is 24.2. The molecule has 2 aromatic rings. The number of carboxylic acids is 1. The smallest absolute Gasteiger partial charge is 0.415 e. The van der Waals surface area contributed by atoms with Crippen LogP contribution in [0.4, 0.5) is 4.79 Å². The lowest BCUT2D eigenvalue weighted by molar-refractivity contribution is -0.143. The number of rotatable bonds is 21. The molecule has 454 valence electrons. The maximum Gasteiger partial charge on any atom is 0.415 e. The summed E-state index contributed by atoms with van der Waals surface area (Å²) in [6.07, 6.45) is 9.35. The Bertz CT molecular complexity index is 3320. The summed E-state index contributed by atoms with van der Waals surface area (Å²) in [5.74, 6) is -5.46. The van der Waals surface area contributed by atoms with E-state index in [0.717, 1.165) is 46.6 Å². The predicted octanol–water partition coefficient (Wildman–Crippen LogP) is 8.55. The van der Waals surface area contributed by atoms with E-state index in [1.54, 1.807) is 13.8 Å². The number of carbonyl (C=O) groups excluding carboxylic acids is 4. The summed E-state index contributed by atoms with van der Waals surface area (Å²) < 4.78 is 93.1. The minimum Gasteiger partial charge on any atom is -0.484 e. The van der Waals surface area contributed by atoms with Gasteiger partial charge in [0.1, 0.15) is 50.1 Å². The lowest BCUT2D eigenvalue weighted by Crippen LogP contribution is -2.49. The number of sulfone groups is 2. The van der Waals surface area contributed by atoms with Crippen molar-refractivity contribution in [3.05, 3.63) is 92.1 Å². The first-order chi connectivity index (χ1) is 39.8. The van der Waals surface area contributed by atoms with Crippen LogP contribution in [0.2, 0.25) is 0 Å². The van der Waals surface area contributed by atoms with Crippen LogP contribution in [0.1, 0.15) is 178 Å². The Labute approximate surface area is 491 Å². The number of benzene rings is 2. The largest absolute Gasteiger partial charge is 0.484 e. The van der Waals surface area contributed by atoms with Gasteiger partial charge in [0.15, 0.2) is 9.84 Å². The Morgan fingerprint density at radius 2 is 1.18 bits per heavy atom. The molecule has 5 atom stereocenters. The summed E-state index contributed by atoms with van der Waals surface area (Å²) >= 11 is 0. The van der Waals surface area contributed by atoms with Crippen LogP contribution in [0.5, 0.6) is 23.0 Å². The number of aliphatic hydroxyl groups excluding tert-OH is 2. The molecule has 19 nitrogen and oxygen atoms in total. The van der Waals surface area contributed by atoms with E-state index >= 15 is 0 Å². The van der Waals surface area contributed by atoms with Crippen molar-refractivity contribution in [2.75, 3.05) is 42.6 Å². The molecule has 2 saturated heterocycles. The molecule has 0 aliphatic carbocycles. The molecule has 0 aromatic heterocycles. The van der Waals surface area contributed by atoms with E-state index < -0.39 is 104 Å². The predicted molar refractivity (Wildman–Crippen MR) is 312 cm³/mol. The Morgan fingerprint density at radius 1 is 0.699 bits per heavy atom. The van der Waals surface area contributed by atoms with Crippen molar-refractivity contribution in [1.29, 1.82) is 0 Å². The van der Waals surface area contributed by atoms with E-state index in [9.17, 15) is 58.9 Å². The molecule has 8 rings (SSSR count). The molecular formula is C62H83N3O16S2. The summed E-state index contributed by atoms with van der Waals surface area (Å²) in [5.41, 5.74) is 3.27. The number of allylic oxidation sites excluding steroid dienone is 8. The van der Waals surface area contributed by atoms with Gasteiger partial charge < -0.3 is 49.0 Å². The molecule has 6 heterocycles. The summed E-state index contributed by atoms with van der Waals surface area (Å²) in [6.45, 7) is 12.2. The molecule has 6 aliphatic heterocycles. The first-order valence-corrected chi connectivity index (χ1v) is 32.6. The monoisotopic (exact) mass is 1190 g/mol. The fourth-order valence-electron chi connectivity index (χ4n) is 11.7. The average molecular weight is 1190 g/mol. The zero-order valence-corrected chi connectivity index (χ0v) is 50.8. The maximum atomic E-state index is 14.7. The van der Waals surface area contributed by atoms with Crippen LogP contribution < -0.4 is 18.9 Å². The van der Waals surface area contributed by atoms with Crippen LogP contribution >= 0.6 is 0 Å². The summed E-state index contributed by atoms with van der Waals surface area (Å²) in [5, 5.41) is 34.4. The van der Waals surface area contributed by atoms with Gasteiger partial charge in [-0.05, 0) is 145 Å². The third kappa shape index (κ3) is 14.7. The highest BCUT2D eigenvalue weighted by Gasteiger charge is 2.48. The number of nitrogens with zero attached hydrogens (tertiary/aromatic N) is 3. The Morgan fingerprint density at radius 3 is 1.69 bits per heavy atom. The van der Waals surface area contributed by atoms with E-state index in [0.29, 0.717) is 25.7 Å². The first-order valence-electron chi connectivity index (χ1n) is 30.0. The zero-order chi connectivity index (χ0) is 62.1. The van der Waals surface area contributed by atoms with E-state index in [4.69, 9.17) is 18.9 Å². The van der Waals surface area contributed by atoms with Gasteiger partial charge in [-0.15, -0.1) is 0 Å². The van der Waals surface area contributed by atoms with Gasteiger partial charge in [0.05, 0.1) is 65.4 Å². The van der Waals surface area contributed by atoms with Gasteiger partial charge >= 0.3 is 18.0 Å². The maximum absolute atomic E-state index is 14.7. The van der Waals surface area contributed by atoms with Gasteiger partial charge in [-0.3, -0.25) is 14.4 Å². The van der Waals surface area contributed by atoms with E-state index in [1.807, 2.05) is 41.5 Å². The standard InChI is InChI=1S/C62H83N3O16S2/c1-38(2)14-9-16-40(5)18-11-23-61(7)52(66)34-45-50(78-59(72)42-21-28-82(74,75)29-22-42)32-43-47(54(45)80-61)36-64(56(43)68)25-13-20-49(58(70)71)65-37-48-44(57(65)69)33-51(79-60(73)63-26-30-83(76,77)31-27-63)46-35-53(67)62(8,81-55(46)48)24-12-19-41(6)17-10-15-39(3)4/h14-15,18-19,32-33,42,49,52-53,66-67H,9-13,16-17,20-31,34-37H2,1-8H3,(H,70,71)/b40-18+,41-19+/t49-,52-,53-,61+,62+/m0/s1/i25D2. The van der Waals surface area contributed by atoms with E-state index in [2.05, 4.69) is 24.3 Å². The van der Waals surface area contributed by atoms with Crippen molar-refractivity contribution in [3.63, 3.8) is 0 Å². The molecule has 2 aromatic carbocycles. The molecule has 6 aliphatic rings. The molecule has 2 fully saturated rings. The van der Waals surface area contributed by atoms with Gasteiger partial charge in [-0.1, -0.05) is 46.6 Å². The summed E-state index contributed by atoms with van der Waals surface area (Å²) in [6, 6.07) is 0.950. The normalized spacial score (nSPS) is 24.7. The van der Waals surface area contributed by atoms with Crippen molar-refractivity contribution in [3.8, 4) is 23.0 Å². The highest BCUT2D eigenvalue weighted by molar-refractivity contribution is 7.91. The van der Waals surface area contributed by atoms with Crippen LogP contribution in [-0.4, -0.2) is 149 Å². The van der Waals surface area contributed by atoms with Crippen LogP contribution in [0.3, 0.4) is 0 Å². The molecule has 83 heavy (non-hydrogen) atoms. The van der Waals surface area contributed by atoms with E-state index in [-0.39, 0.29) is 131 Å². The second kappa shape index (κ2) is 25.7. The SMILES string of the molecule is [2H]C([2H])(CC[C@@H](C(=O)O)N1Cc2c(cc(OC(=O)N3CCS(=O)(=O)CC3)c3c2O[C@](C)(CC/C=C(\C)CCC=C(C)C)[C@@H](O)C3)C1=O)N1Cc2c(cc(OC(=O)C3CCS(=O)(=O)CC3)c3c2O[C@](C)(CC/C=C(\C)CCC=C(C)C)[C@@H](O)C3)C1=O. The van der Waals surface area contributed by atoms with Crippen molar-refractivity contribution in [2.45, 2.75) is 188 Å². The number of carboxylic acid groups (broad SMARTS) is 1. The topological polar surface area (TPSA) is 261 Å². The zero-order valence-electron chi connectivity index (χ0n) is 51.1. The van der Waals surface area contributed by atoms with Gasteiger partial charge in [0.2, 0.25) is 0 Å². The molecule has 0 bridgehead atoms. The average Bonchev–Trinajstić information content (AvgIpc) is 2.23. The number of carbonyl (C=O) groups is 5. The van der Waals surface area contributed by atoms with Crippen LogP contribution in [-0.2, 0) is 55.2 Å². The molecule has 0 radical (unpaired) electrons.